The maximum Gasteiger partial charge on any atom is 0.106 e. The molecule has 1 fully saturated rings. The second kappa shape index (κ2) is 5.47. The molecule has 1 saturated heterocycles. The van der Waals surface area contributed by atoms with Crippen LogP contribution in [0.1, 0.15) is 18.1 Å². The Balaban J connectivity index is 2.31. The first-order valence-electron chi connectivity index (χ1n) is 6.72. The largest absolute Gasteiger partial charge is 0.389 e. The number of likely N-dealkylation sites (N-methyl/N-ethyl adjacent to an activating group) is 1. The van der Waals surface area contributed by atoms with E-state index in [0.717, 1.165) is 18.7 Å². The number of thiocarbonyl (C=S) groups is 1. The van der Waals surface area contributed by atoms with Gasteiger partial charge in [0.1, 0.15) is 4.99 Å². The Kier molecular flexibility index (Phi) is 4.11. The fourth-order valence-electron chi connectivity index (χ4n) is 2.94. The van der Waals surface area contributed by atoms with Crippen LogP contribution in [0.3, 0.4) is 0 Å². The van der Waals surface area contributed by atoms with Crippen LogP contribution in [-0.4, -0.2) is 43.1 Å². The number of hydrogen-bond donors (Lipinski definition) is 1. The molecule has 1 aliphatic heterocycles. The van der Waals surface area contributed by atoms with Gasteiger partial charge in [0.15, 0.2) is 0 Å². The number of nitrogens with two attached hydrogens (primary N) is 1. The van der Waals surface area contributed by atoms with Crippen molar-refractivity contribution in [3.63, 3.8) is 0 Å². The molecule has 104 valence electrons. The molecule has 0 bridgehead atoms. The number of nitrogens with zero attached hydrogens (tertiary/aromatic N) is 2. The summed E-state index contributed by atoms with van der Waals surface area (Å²) in [4.78, 5) is 5.20. The van der Waals surface area contributed by atoms with Crippen molar-refractivity contribution in [3.8, 4) is 0 Å². The summed E-state index contributed by atoms with van der Waals surface area (Å²) < 4.78 is 0. The normalized spacial score (nSPS) is 23.1. The third-order valence-corrected chi connectivity index (χ3v) is 4.21. The van der Waals surface area contributed by atoms with E-state index >= 15 is 0 Å². The van der Waals surface area contributed by atoms with Gasteiger partial charge >= 0.3 is 0 Å². The van der Waals surface area contributed by atoms with Gasteiger partial charge in [-0.3, -0.25) is 0 Å². The van der Waals surface area contributed by atoms with Crippen LogP contribution in [0.4, 0.5) is 5.69 Å². The molecule has 1 aromatic rings. The van der Waals surface area contributed by atoms with E-state index in [2.05, 4.69) is 55.9 Å². The van der Waals surface area contributed by atoms with Crippen molar-refractivity contribution in [3.05, 3.63) is 29.3 Å². The van der Waals surface area contributed by atoms with E-state index < -0.39 is 0 Å². The molecule has 2 atom stereocenters. The molecule has 1 aromatic carbocycles. The molecule has 0 aromatic heterocycles. The van der Waals surface area contributed by atoms with E-state index in [9.17, 15) is 0 Å². The monoisotopic (exact) mass is 277 g/mol. The van der Waals surface area contributed by atoms with Crippen molar-refractivity contribution in [1.29, 1.82) is 0 Å². The number of anilines is 1. The van der Waals surface area contributed by atoms with Gasteiger partial charge in [-0.15, -0.1) is 0 Å². The van der Waals surface area contributed by atoms with Gasteiger partial charge in [0.05, 0.1) is 0 Å². The van der Waals surface area contributed by atoms with Crippen molar-refractivity contribution in [1.82, 2.24) is 4.90 Å². The summed E-state index contributed by atoms with van der Waals surface area (Å²) in [6.07, 6.45) is 0. The minimum atomic E-state index is 0.486. The molecule has 1 heterocycles. The number of hydrogen-bond acceptors (Lipinski definition) is 3. The Bertz CT molecular complexity index is 484. The zero-order valence-corrected chi connectivity index (χ0v) is 13.0. The van der Waals surface area contributed by atoms with E-state index in [-0.39, 0.29) is 0 Å². The van der Waals surface area contributed by atoms with Gasteiger partial charge in [0.2, 0.25) is 0 Å². The third-order valence-electron chi connectivity index (χ3n) is 3.99. The SMILES string of the molecule is Cc1ccc(N2CC(C)C(N(C)C)C2)c(C(N)=S)c1. The molecule has 2 rings (SSSR count). The molecule has 0 radical (unpaired) electrons. The van der Waals surface area contributed by atoms with Crippen LogP contribution < -0.4 is 10.6 Å². The molecular formula is C15H23N3S. The summed E-state index contributed by atoms with van der Waals surface area (Å²) in [5, 5.41) is 0. The minimum absolute atomic E-state index is 0.486. The number of benzene rings is 1. The smallest absolute Gasteiger partial charge is 0.106 e. The van der Waals surface area contributed by atoms with Gasteiger partial charge in [-0.2, -0.15) is 0 Å². The highest BCUT2D eigenvalue weighted by Crippen LogP contribution is 2.29. The molecule has 2 unspecified atom stereocenters. The first-order chi connectivity index (χ1) is 8.90. The zero-order valence-electron chi connectivity index (χ0n) is 12.2. The maximum atomic E-state index is 5.87. The standard InChI is InChI=1S/C15H23N3S/c1-10-5-6-13(12(7-10)15(16)19)18-8-11(2)14(9-18)17(3)4/h5-7,11,14H,8-9H2,1-4H3,(H2,16,19). The Hall–Kier alpha value is -1.13. The molecule has 0 spiro atoms. The molecule has 4 heteroatoms. The first kappa shape index (κ1) is 14.3. The van der Waals surface area contributed by atoms with Crippen LogP contribution >= 0.6 is 12.2 Å². The van der Waals surface area contributed by atoms with Gasteiger partial charge in [0.25, 0.3) is 0 Å². The van der Waals surface area contributed by atoms with E-state index in [0.29, 0.717) is 16.9 Å². The second-order valence-corrected chi connectivity index (χ2v) is 6.24. The molecule has 0 saturated carbocycles. The van der Waals surface area contributed by atoms with Crippen LogP contribution in [0.25, 0.3) is 0 Å². The Morgan fingerprint density at radius 2 is 2.05 bits per heavy atom. The Labute approximate surface area is 121 Å². The van der Waals surface area contributed by atoms with Crippen LogP contribution in [0, 0.1) is 12.8 Å². The molecule has 19 heavy (non-hydrogen) atoms. The summed E-state index contributed by atoms with van der Waals surface area (Å²) in [7, 11) is 4.29. The van der Waals surface area contributed by atoms with Gasteiger partial charge in [0, 0.05) is 30.4 Å². The predicted molar refractivity (Wildman–Crippen MR) is 85.9 cm³/mol. The fraction of sp³-hybridized carbons (Fsp3) is 0.533. The van der Waals surface area contributed by atoms with Crippen LogP contribution in [0.15, 0.2) is 18.2 Å². The second-order valence-electron chi connectivity index (χ2n) is 5.80. The fourth-order valence-corrected chi connectivity index (χ4v) is 3.11. The molecular weight excluding hydrogens is 254 g/mol. The van der Waals surface area contributed by atoms with Crippen molar-refractivity contribution < 1.29 is 0 Å². The van der Waals surface area contributed by atoms with Gasteiger partial charge in [-0.1, -0.05) is 30.8 Å². The lowest BCUT2D eigenvalue weighted by Gasteiger charge is -2.24. The highest BCUT2D eigenvalue weighted by Gasteiger charge is 2.32. The van der Waals surface area contributed by atoms with Crippen molar-refractivity contribution in [2.75, 3.05) is 32.1 Å². The van der Waals surface area contributed by atoms with E-state index in [1.807, 2.05) is 0 Å². The highest BCUT2D eigenvalue weighted by atomic mass is 32.1. The number of rotatable bonds is 3. The summed E-state index contributed by atoms with van der Waals surface area (Å²) in [6.45, 7) is 6.47. The highest BCUT2D eigenvalue weighted by molar-refractivity contribution is 7.80. The van der Waals surface area contributed by atoms with E-state index in [4.69, 9.17) is 18.0 Å². The lowest BCUT2D eigenvalue weighted by Crippen LogP contribution is -2.34. The zero-order chi connectivity index (χ0) is 14.2. The number of aryl methyl sites for hydroxylation is 1. The molecule has 1 aliphatic rings. The van der Waals surface area contributed by atoms with E-state index in [1.165, 1.54) is 11.3 Å². The van der Waals surface area contributed by atoms with Gasteiger partial charge < -0.3 is 15.5 Å². The van der Waals surface area contributed by atoms with Gasteiger partial charge in [-0.05, 0) is 39.1 Å². The third kappa shape index (κ3) is 2.90. The quantitative estimate of drug-likeness (QED) is 0.857. The van der Waals surface area contributed by atoms with Crippen molar-refractivity contribution in [2.45, 2.75) is 19.9 Å². The summed E-state index contributed by atoms with van der Waals surface area (Å²) in [6, 6.07) is 6.95. The van der Waals surface area contributed by atoms with Crippen LogP contribution in [0.5, 0.6) is 0 Å². The molecule has 2 N–H and O–H groups in total. The van der Waals surface area contributed by atoms with Gasteiger partial charge in [-0.25, -0.2) is 0 Å². The van der Waals surface area contributed by atoms with E-state index in [1.54, 1.807) is 0 Å². The molecule has 0 aliphatic carbocycles. The predicted octanol–water partition coefficient (Wildman–Crippen LogP) is 2.02. The van der Waals surface area contributed by atoms with Crippen molar-refractivity contribution in [2.24, 2.45) is 11.7 Å². The Morgan fingerprint density at radius 3 is 2.58 bits per heavy atom. The summed E-state index contributed by atoms with van der Waals surface area (Å²) in [5.74, 6) is 0.649. The average Bonchev–Trinajstić information content (AvgIpc) is 2.71. The topological polar surface area (TPSA) is 32.5 Å². The minimum Gasteiger partial charge on any atom is -0.389 e. The average molecular weight is 277 g/mol. The Morgan fingerprint density at radius 1 is 1.37 bits per heavy atom. The molecule has 0 amide bonds. The van der Waals surface area contributed by atoms with Crippen LogP contribution in [0.2, 0.25) is 0 Å². The first-order valence-corrected chi connectivity index (χ1v) is 7.12. The maximum absolute atomic E-state index is 5.87. The summed E-state index contributed by atoms with van der Waals surface area (Å²) in [5.41, 5.74) is 9.25. The van der Waals surface area contributed by atoms with Crippen molar-refractivity contribution >= 4 is 22.9 Å². The van der Waals surface area contributed by atoms with Crippen LogP contribution in [-0.2, 0) is 0 Å². The molecule has 3 nitrogen and oxygen atoms in total. The summed E-state index contributed by atoms with van der Waals surface area (Å²) >= 11 is 5.20. The lowest BCUT2D eigenvalue weighted by molar-refractivity contribution is 0.266. The lowest BCUT2D eigenvalue weighted by atomic mass is 10.1.